The van der Waals surface area contributed by atoms with Crippen LogP contribution in [-0.2, 0) is 0 Å². The van der Waals surface area contributed by atoms with Gasteiger partial charge in [-0.3, -0.25) is 4.79 Å². The fraction of sp³-hybridized carbons (Fsp3) is 0.0833. The van der Waals surface area contributed by atoms with Gasteiger partial charge in [0.2, 0.25) is 0 Å². The molecule has 6 nitrogen and oxygen atoms in total. The van der Waals surface area contributed by atoms with Gasteiger partial charge in [0.05, 0.1) is 17.4 Å². The molecule has 98 valence electrons. The Bertz CT molecular complexity index is 651. The highest BCUT2D eigenvalue weighted by atomic mass is 127. The van der Waals surface area contributed by atoms with Crippen LogP contribution >= 0.6 is 22.6 Å². The Kier molecular flexibility index (Phi) is 3.84. The van der Waals surface area contributed by atoms with Crippen LogP contribution in [0.4, 0.5) is 5.69 Å². The number of carbonyl (C=O) groups excluding carboxylic acids is 1. The molecular weight excluding hydrogens is 363 g/mol. The summed E-state index contributed by atoms with van der Waals surface area (Å²) in [7, 11) is 0. The van der Waals surface area contributed by atoms with Crippen LogP contribution < -0.4 is 5.32 Å². The van der Waals surface area contributed by atoms with Gasteiger partial charge in [0, 0.05) is 3.57 Å². The van der Waals surface area contributed by atoms with Crippen molar-refractivity contribution in [1.29, 1.82) is 0 Å². The van der Waals surface area contributed by atoms with Crippen molar-refractivity contribution in [2.24, 2.45) is 0 Å². The van der Waals surface area contributed by atoms with E-state index in [4.69, 9.17) is 9.63 Å². The lowest BCUT2D eigenvalue weighted by Crippen LogP contribution is -2.15. The largest absolute Gasteiger partial charge is 0.478 e. The normalized spacial score (nSPS) is 10.2. The van der Waals surface area contributed by atoms with Gasteiger partial charge in [0.1, 0.15) is 11.3 Å². The van der Waals surface area contributed by atoms with Gasteiger partial charge in [-0.15, -0.1) is 0 Å². The molecule has 0 radical (unpaired) electrons. The minimum Gasteiger partial charge on any atom is -0.478 e. The fourth-order valence-corrected chi connectivity index (χ4v) is 2.00. The molecule has 0 bridgehead atoms. The zero-order valence-electron chi connectivity index (χ0n) is 9.81. The van der Waals surface area contributed by atoms with Crippen LogP contribution in [0.3, 0.4) is 0 Å². The van der Waals surface area contributed by atoms with Gasteiger partial charge < -0.3 is 14.9 Å². The molecule has 7 heteroatoms. The first-order chi connectivity index (χ1) is 8.99. The van der Waals surface area contributed by atoms with Crippen LogP contribution in [0.15, 0.2) is 28.9 Å². The number of carboxylic acid groups (broad SMARTS) is 1. The quantitative estimate of drug-likeness (QED) is 0.808. The smallest absolute Gasteiger partial charge is 0.337 e. The van der Waals surface area contributed by atoms with Crippen LogP contribution in [0.5, 0.6) is 0 Å². The molecule has 1 heterocycles. The number of hydrogen-bond acceptors (Lipinski definition) is 4. The zero-order chi connectivity index (χ0) is 14.0. The van der Waals surface area contributed by atoms with Crippen molar-refractivity contribution in [2.45, 2.75) is 6.92 Å². The lowest BCUT2D eigenvalue weighted by molar-refractivity contribution is 0.0698. The van der Waals surface area contributed by atoms with E-state index in [9.17, 15) is 9.59 Å². The molecule has 0 aliphatic heterocycles. The monoisotopic (exact) mass is 372 g/mol. The standard InChI is InChI=1S/C12H9IN2O4/c1-6-9(5-14-19-6)11(16)15-10-3-2-7(13)4-8(10)12(17)18/h2-5H,1H3,(H,15,16)(H,17,18). The minimum absolute atomic E-state index is 0.0364. The van der Waals surface area contributed by atoms with E-state index in [-0.39, 0.29) is 16.8 Å². The maximum atomic E-state index is 11.9. The summed E-state index contributed by atoms with van der Waals surface area (Å²) in [6.07, 6.45) is 1.29. The van der Waals surface area contributed by atoms with Gasteiger partial charge in [0.15, 0.2) is 0 Å². The Hall–Kier alpha value is -1.90. The Morgan fingerprint density at radius 3 is 2.68 bits per heavy atom. The number of nitrogens with one attached hydrogen (secondary N) is 1. The number of amides is 1. The highest BCUT2D eigenvalue weighted by molar-refractivity contribution is 14.1. The number of aryl methyl sites for hydroxylation is 1. The summed E-state index contributed by atoms with van der Waals surface area (Å²) in [5.74, 6) is -1.18. The number of aromatic carboxylic acids is 1. The van der Waals surface area contributed by atoms with Crippen molar-refractivity contribution in [3.63, 3.8) is 0 Å². The van der Waals surface area contributed by atoms with E-state index in [0.29, 0.717) is 5.76 Å². The molecule has 0 saturated carbocycles. The first-order valence-corrected chi connectivity index (χ1v) is 6.32. The van der Waals surface area contributed by atoms with Crippen LogP contribution in [0.1, 0.15) is 26.5 Å². The molecule has 1 aromatic heterocycles. The molecule has 2 N–H and O–H groups in total. The minimum atomic E-state index is -1.10. The predicted octanol–water partition coefficient (Wildman–Crippen LogP) is 2.54. The number of nitrogens with zero attached hydrogens (tertiary/aromatic N) is 1. The summed E-state index contributed by atoms with van der Waals surface area (Å²) in [5, 5.41) is 15.1. The molecule has 0 aliphatic rings. The lowest BCUT2D eigenvalue weighted by atomic mass is 10.1. The number of hydrogen-bond donors (Lipinski definition) is 2. The number of aromatic nitrogens is 1. The first-order valence-electron chi connectivity index (χ1n) is 5.24. The van der Waals surface area contributed by atoms with Gasteiger partial charge in [-0.2, -0.15) is 0 Å². The van der Waals surface area contributed by atoms with Gasteiger partial charge >= 0.3 is 5.97 Å². The molecule has 0 spiro atoms. The molecule has 0 aliphatic carbocycles. The summed E-state index contributed by atoms with van der Waals surface area (Å²) in [5.41, 5.74) is 0.544. The average molecular weight is 372 g/mol. The van der Waals surface area contributed by atoms with Crippen molar-refractivity contribution in [3.8, 4) is 0 Å². The van der Waals surface area contributed by atoms with Gasteiger partial charge in [-0.1, -0.05) is 5.16 Å². The van der Waals surface area contributed by atoms with Crippen LogP contribution in [-0.4, -0.2) is 22.1 Å². The Labute approximate surface area is 121 Å². The fourth-order valence-electron chi connectivity index (χ4n) is 1.51. The van der Waals surface area contributed by atoms with Crippen molar-refractivity contribution in [2.75, 3.05) is 5.32 Å². The van der Waals surface area contributed by atoms with E-state index in [0.717, 1.165) is 3.57 Å². The highest BCUT2D eigenvalue weighted by Crippen LogP contribution is 2.20. The molecule has 2 aromatic rings. The summed E-state index contributed by atoms with van der Waals surface area (Å²) in [6.45, 7) is 1.61. The number of anilines is 1. The van der Waals surface area contributed by atoms with Gasteiger partial charge in [-0.25, -0.2) is 4.79 Å². The molecule has 0 unspecified atom stereocenters. The summed E-state index contributed by atoms with van der Waals surface area (Å²) in [4.78, 5) is 23.1. The molecule has 2 rings (SSSR count). The molecule has 0 fully saturated rings. The number of halogens is 1. The molecule has 1 amide bonds. The summed E-state index contributed by atoms with van der Waals surface area (Å²) in [6, 6.07) is 4.74. The van der Waals surface area contributed by atoms with Gasteiger partial charge in [0.25, 0.3) is 5.91 Å². The first kappa shape index (κ1) is 13.5. The lowest BCUT2D eigenvalue weighted by Gasteiger charge is -2.08. The second-order valence-corrected chi connectivity index (χ2v) is 4.99. The number of carboxylic acids is 1. The molecule has 0 saturated heterocycles. The molecule has 1 aromatic carbocycles. The molecule has 19 heavy (non-hydrogen) atoms. The van der Waals surface area contributed by atoms with Crippen molar-refractivity contribution in [1.82, 2.24) is 5.16 Å². The van der Waals surface area contributed by atoms with E-state index >= 15 is 0 Å². The van der Waals surface area contributed by atoms with E-state index in [1.165, 1.54) is 12.3 Å². The summed E-state index contributed by atoms with van der Waals surface area (Å²) >= 11 is 2.00. The Morgan fingerprint density at radius 2 is 2.11 bits per heavy atom. The van der Waals surface area contributed by atoms with E-state index in [1.807, 2.05) is 22.6 Å². The highest BCUT2D eigenvalue weighted by Gasteiger charge is 2.17. The SMILES string of the molecule is Cc1oncc1C(=O)Nc1ccc(I)cc1C(=O)O. The number of rotatable bonds is 3. The topological polar surface area (TPSA) is 92.4 Å². The maximum Gasteiger partial charge on any atom is 0.337 e. The second-order valence-electron chi connectivity index (χ2n) is 3.74. The van der Waals surface area contributed by atoms with E-state index in [2.05, 4.69) is 10.5 Å². The molecule has 0 atom stereocenters. The maximum absolute atomic E-state index is 11.9. The van der Waals surface area contributed by atoms with Gasteiger partial charge in [-0.05, 0) is 47.7 Å². The average Bonchev–Trinajstić information content (AvgIpc) is 2.77. The van der Waals surface area contributed by atoms with Crippen LogP contribution in [0.25, 0.3) is 0 Å². The third-order valence-electron chi connectivity index (χ3n) is 2.46. The predicted molar refractivity (Wildman–Crippen MR) is 75.3 cm³/mol. The third kappa shape index (κ3) is 2.92. The third-order valence-corrected chi connectivity index (χ3v) is 3.13. The van der Waals surface area contributed by atoms with Crippen molar-refractivity contribution < 1.29 is 19.2 Å². The van der Waals surface area contributed by atoms with Crippen molar-refractivity contribution >= 4 is 40.2 Å². The Balaban J connectivity index is 2.32. The summed E-state index contributed by atoms with van der Waals surface area (Å²) < 4.78 is 5.56. The Morgan fingerprint density at radius 1 is 1.37 bits per heavy atom. The van der Waals surface area contributed by atoms with Crippen molar-refractivity contribution in [3.05, 3.63) is 44.9 Å². The van der Waals surface area contributed by atoms with Crippen LogP contribution in [0, 0.1) is 10.5 Å². The molecular formula is C12H9IN2O4. The number of carbonyl (C=O) groups is 2. The van der Waals surface area contributed by atoms with E-state index < -0.39 is 11.9 Å². The van der Waals surface area contributed by atoms with E-state index in [1.54, 1.807) is 19.1 Å². The van der Waals surface area contributed by atoms with Crippen LogP contribution in [0.2, 0.25) is 0 Å². The zero-order valence-corrected chi connectivity index (χ0v) is 12.0. The number of benzene rings is 1. The second kappa shape index (κ2) is 5.39.